The molecule has 0 aromatic rings. The van der Waals surface area contributed by atoms with E-state index in [2.05, 4.69) is 17.1 Å². The number of nitrogens with two attached hydrogens (primary N) is 1. The topological polar surface area (TPSA) is 84.7 Å². The number of primary amides is 1. The maximum atomic E-state index is 11.9. The van der Waals surface area contributed by atoms with E-state index in [1.807, 2.05) is 0 Å². The molecule has 0 spiro atoms. The van der Waals surface area contributed by atoms with Gasteiger partial charge in [0.05, 0.1) is 19.3 Å². The highest BCUT2D eigenvalue weighted by atomic mass is 16.5. The number of hydrogen-bond donors (Lipinski definition) is 2. The van der Waals surface area contributed by atoms with Gasteiger partial charge in [0.15, 0.2) is 0 Å². The van der Waals surface area contributed by atoms with Crippen molar-refractivity contribution in [1.29, 1.82) is 0 Å². The molecule has 0 aromatic heterocycles. The number of nitrogens with one attached hydrogen (secondary N) is 1. The fraction of sp³-hybridized carbons (Fsp3) is 0.882. The number of likely N-dealkylation sites (tertiary alicyclic amines) is 1. The van der Waals surface area contributed by atoms with Gasteiger partial charge in [0.2, 0.25) is 11.8 Å². The quantitative estimate of drug-likeness (QED) is 0.681. The van der Waals surface area contributed by atoms with Gasteiger partial charge in [-0.05, 0) is 44.7 Å². The van der Waals surface area contributed by atoms with Crippen LogP contribution in [0.15, 0.2) is 0 Å². The summed E-state index contributed by atoms with van der Waals surface area (Å²) >= 11 is 0. The summed E-state index contributed by atoms with van der Waals surface area (Å²) in [5, 5.41) is 2.92. The van der Waals surface area contributed by atoms with Crippen molar-refractivity contribution in [2.45, 2.75) is 51.6 Å². The number of piperidine rings is 1. The average Bonchev–Trinajstić information content (AvgIpc) is 2.53. The standard InChI is InChI=1S/C17H31N3O3/c1-13-4-2-3-5-15(13)23-11-8-19-16(21)12-20-9-6-14(7-10-20)17(18)22/h13-15H,2-12H2,1H3,(H2,18,22)(H,19,21). The third kappa shape index (κ3) is 6.11. The molecule has 23 heavy (non-hydrogen) atoms. The van der Waals surface area contributed by atoms with Crippen molar-refractivity contribution in [2.75, 3.05) is 32.8 Å². The van der Waals surface area contributed by atoms with E-state index in [9.17, 15) is 9.59 Å². The highest BCUT2D eigenvalue weighted by molar-refractivity contribution is 5.78. The van der Waals surface area contributed by atoms with Crippen LogP contribution in [-0.2, 0) is 14.3 Å². The lowest BCUT2D eigenvalue weighted by molar-refractivity contribution is -0.124. The van der Waals surface area contributed by atoms with Gasteiger partial charge >= 0.3 is 0 Å². The van der Waals surface area contributed by atoms with Crippen molar-refractivity contribution in [3.05, 3.63) is 0 Å². The van der Waals surface area contributed by atoms with Gasteiger partial charge in [0.25, 0.3) is 0 Å². The third-order valence-corrected chi connectivity index (χ3v) is 5.15. The number of amides is 2. The first-order chi connectivity index (χ1) is 11.1. The van der Waals surface area contributed by atoms with Gasteiger partial charge in [-0.25, -0.2) is 0 Å². The molecule has 132 valence electrons. The molecule has 1 saturated heterocycles. The summed E-state index contributed by atoms with van der Waals surface area (Å²) in [7, 11) is 0. The normalized spacial score (nSPS) is 26.8. The van der Waals surface area contributed by atoms with Crippen molar-refractivity contribution in [3.8, 4) is 0 Å². The molecule has 2 fully saturated rings. The van der Waals surface area contributed by atoms with Crippen LogP contribution in [0, 0.1) is 11.8 Å². The summed E-state index contributed by atoms with van der Waals surface area (Å²) in [6.45, 7) is 5.32. The molecule has 1 aliphatic carbocycles. The molecule has 0 bridgehead atoms. The molecule has 2 amide bonds. The highest BCUT2D eigenvalue weighted by Crippen LogP contribution is 2.25. The minimum atomic E-state index is -0.219. The van der Waals surface area contributed by atoms with Gasteiger partial charge in [-0.3, -0.25) is 14.5 Å². The third-order valence-electron chi connectivity index (χ3n) is 5.15. The lowest BCUT2D eigenvalue weighted by atomic mass is 9.88. The number of carbonyl (C=O) groups excluding carboxylic acids is 2. The summed E-state index contributed by atoms with van der Waals surface area (Å²) in [6, 6.07) is 0. The molecule has 0 radical (unpaired) electrons. The van der Waals surface area contributed by atoms with Gasteiger partial charge in [0, 0.05) is 12.5 Å². The molecule has 2 aliphatic rings. The molecular weight excluding hydrogens is 294 g/mol. The first-order valence-corrected chi connectivity index (χ1v) is 8.96. The Morgan fingerprint density at radius 1 is 1.17 bits per heavy atom. The maximum Gasteiger partial charge on any atom is 0.234 e. The summed E-state index contributed by atoms with van der Waals surface area (Å²) in [6.07, 6.45) is 6.82. The van der Waals surface area contributed by atoms with E-state index in [1.165, 1.54) is 19.3 Å². The zero-order valence-corrected chi connectivity index (χ0v) is 14.3. The van der Waals surface area contributed by atoms with Crippen molar-refractivity contribution in [3.63, 3.8) is 0 Å². The SMILES string of the molecule is CC1CCCCC1OCCNC(=O)CN1CCC(C(N)=O)CC1. The number of hydrogen-bond acceptors (Lipinski definition) is 4. The van der Waals surface area contributed by atoms with E-state index in [1.54, 1.807) is 0 Å². The van der Waals surface area contributed by atoms with Gasteiger partial charge in [-0.15, -0.1) is 0 Å². The van der Waals surface area contributed by atoms with Crippen LogP contribution in [0.3, 0.4) is 0 Å². The minimum absolute atomic E-state index is 0.0276. The Morgan fingerprint density at radius 2 is 1.87 bits per heavy atom. The molecule has 1 saturated carbocycles. The van der Waals surface area contributed by atoms with Crippen LogP contribution in [0.1, 0.15) is 45.4 Å². The molecule has 6 nitrogen and oxygen atoms in total. The number of rotatable bonds is 7. The van der Waals surface area contributed by atoms with Gasteiger partial charge in [-0.2, -0.15) is 0 Å². The predicted octanol–water partition coefficient (Wildman–Crippen LogP) is 0.895. The first-order valence-electron chi connectivity index (χ1n) is 8.96. The average molecular weight is 325 g/mol. The van der Waals surface area contributed by atoms with Crippen LogP contribution < -0.4 is 11.1 Å². The lowest BCUT2D eigenvalue weighted by Crippen LogP contribution is -2.44. The van der Waals surface area contributed by atoms with E-state index in [0.717, 1.165) is 32.4 Å². The number of carbonyl (C=O) groups is 2. The van der Waals surface area contributed by atoms with E-state index in [-0.39, 0.29) is 17.7 Å². The molecule has 1 aliphatic heterocycles. The van der Waals surface area contributed by atoms with Crippen molar-refractivity contribution < 1.29 is 14.3 Å². The molecule has 2 unspecified atom stereocenters. The van der Waals surface area contributed by atoms with Crippen molar-refractivity contribution in [2.24, 2.45) is 17.6 Å². The fourth-order valence-corrected chi connectivity index (χ4v) is 3.57. The minimum Gasteiger partial charge on any atom is -0.376 e. The van der Waals surface area contributed by atoms with Gasteiger partial charge in [-0.1, -0.05) is 19.8 Å². The first kappa shape index (κ1) is 18.2. The summed E-state index contributed by atoms with van der Waals surface area (Å²) < 4.78 is 5.90. The number of nitrogens with zero attached hydrogens (tertiary/aromatic N) is 1. The van der Waals surface area contributed by atoms with E-state index >= 15 is 0 Å². The van der Waals surface area contributed by atoms with E-state index in [0.29, 0.717) is 31.7 Å². The smallest absolute Gasteiger partial charge is 0.234 e. The Balaban J connectivity index is 1.54. The zero-order valence-electron chi connectivity index (χ0n) is 14.3. The zero-order chi connectivity index (χ0) is 16.7. The van der Waals surface area contributed by atoms with Crippen LogP contribution in [0.25, 0.3) is 0 Å². The van der Waals surface area contributed by atoms with Crippen LogP contribution in [0.4, 0.5) is 0 Å². The molecule has 2 rings (SSSR count). The predicted molar refractivity (Wildman–Crippen MR) is 88.7 cm³/mol. The molecule has 3 N–H and O–H groups in total. The highest BCUT2D eigenvalue weighted by Gasteiger charge is 2.24. The van der Waals surface area contributed by atoms with Crippen LogP contribution in [0.2, 0.25) is 0 Å². The summed E-state index contributed by atoms with van der Waals surface area (Å²) in [4.78, 5) is 25.1. The second kappa shape index (κ2) is 9.23. The Kier molecular flexibility index (Phi) is 7.30. The van der Waals surface area contributed by atoms with Gasteiger partial charge < -0.3 is 15.8 Å². The Bertz CT molecular complexity index is 395. The van der Waals surface area contributed by atoms with Crippen LogP contribution >= 0.6 is 0 Å². The summed E-state index contributed by atoms with van der Waals surface area (Å²) in [5.41, 5.74) is 5.32. The van der Waals surface area contributed by atoms with Crippen LogP contribution in [-0.4, -0.2) is 55.6 Å². The second-order valence-corrected chi connectivity index (χ2v) is 6.97. The Labute approximate surface area is 139 Å². The van der Waals surface area contributed by atoms with E-state index < -0.39 is 0 Å². The van der Waals surface area contributed by atoms with Crippen molar-refractivity contribution in [1.82, 2.24) is 10.2 Å². The molecule has 0 aromatic carbocycles. The Hall–Kier alpha value is -1.14. The van der Waals surface area contributed by atoms with Crippen LogP contribution in [0.5, 0.6) is 0 Å². The lowest BCUT2D eigenvalue weighted by Gasteiger charge is -2.30. The second-order valence-electron chi connectivity index (χ2n) is 6.97. The Morgan fingerprint density at radius 3 is 2.52 bits per heavy atom. The number of ether oxygens (including phenoxy) is 1. The monoisotopic (exact) mass is 325 g/mol. The molecule has 6 heteroatoms. The largest absolute Gasteiger partial charge is 0.376 e. The molecular formula is C17H31N3O3. The fourth-order valence-electron chi connectivity index (χ4n) is 3.57. The van der Waals surface area contributed by atoms with Gasteiger partial charge in [0.1, 0.15) is 0 Å². The molecule has 1 heterocycles. The summed E-state index contributed by atoms with van der Waals surface area (Å²) in [5.74, 6) is 0.414. The maximum absolute atomic E-state index is 11.9. The van der Waals surface area contributed by atoms with Crippen molar-refractivity contribution >= 4 is 11.8 Å². The van der Waals surface area contributed by atoms with E-state index in [4.69, 9.17) is 10.5 Å². The molecule has 2 atom stereocenters.